The molecule has 1 heterocycles. The number of nitrogens with one attached hydrogen (secondary N) is 1. The molecule has 2 N–H and O–H groups in total. The monoisotopic (exact) mass is 556 g/mol. The van der Waals surface area contributed by atoms with Crippen LogP contribution in [0.5, 0.6) is 11.5 Å². The SMILES string of the molecule is COc1cc(/C=C2/NC(=O)N(c3cccc(Cl)c3)C2=O)cc(Br)c1OCc1cccc(C(=O)O)c1. The minimum Gasteiger partial charge on any atom is -0.493 e. The van der Waals surface area contributed by atoms with Crippen molar-refractivity contribution in [2.24, 2.45) is 0 Å². The number of urea groups is 1. The van der Waals surface area contributed by atoms with Gasteiger partial charge in [0.15, 0.2) is 11.5 Å². The number of imide groups is 1. The summed E-state index contributed by atoms with van der Waals surface area (Å²) in [6.07, 6.45) is 1.53. The smallest absolute Gasteiger partial charge is 0.335 e. The molecule has 8 nitrogen and oxygen atoms in total. The van der Waals surface area contributed by atoms with E-state index in [0.717, 1.165) is 4.90 Å². The summed E-state index contributed by atoms with van der Waals surface area (Å²) in [7, 11) is 1.47. The van der Waals surface area contributed by atoms with Crippen molar-refractivity contribution >= 4 is 57.2 Å². The molecule has 0 bridgehead atoms. The van der Waals surface area contributed by atoms with Gasteiger partial charge in [-0.1, -0.05) is 29.8 Å². The van der Waals surface area contributed by atoms with E-state index < -0.39 is 17.9 Å². The number of aromatic carboxylic acids is 1. The third-order valence-electron chi connectivity index (χ3n) is 5.06. The van der Waals surface area contributed by atoms with E-state index in [2.05, 4.69) is 21.2 Å². The molecule has 0 aliphatic carbocycles. The van der Waals surface area contributed by atoms with Crippen molar-refractivity contribution in [1.29, 1.82) is 0 Å². The zero-order chi connectivity index (χ0) is 25.1. The Morgan fingerprint density at radius 1 is 1.14 bits per heavy atom. The number of rotatable bonds is 7. The zero-order valence-electron chi connectivity index (χ0n) is 18.2. The van der Waals surface area contributed by atoms with Gasteiger partial charge in [0.2, 0.25) is 0 Å². The lowest BCUT2D eigenvalue weighted by atomic mass is 10.1. The van der Waals surface area contributed by atoms with Crippen molar-refractivity contribution < 1.29 is 29.0 Å². The molecule has 3 aromatic rings. The van der Waals surface area contributed by atoms with Crippen LogP contribution >= 0.6 is 27.5 Å². The van der Waals surface area contributed by atoms with Crippen LogP contribution in [-0.4, -0.2) is 30.1 Å². The number of carboxylic acid groups (broad SMARTS) is 1. The van der Waals surface area contributed by atoms with Crippen molar-refractivity contribution in [1.82, 2.24) is 5.32 Å². The first kappa shape index (κ1) is 24.3. The number of hydrogen-bond acceptors (Lipinski definition) is 5. The molecule has 1 fully saturated rings. The molecule has 3 aromatic carbocycles. The number of nitrogens with zero attached hydrogens (tertiary/aromatic N) is 1. The fraction of sp³-hybridized carbons (Fsp3) is 0.0800. The van der Waals surface area contributed by atoms with Gasteiger partial charge in [0.1, 0.15) is 12.3 Å². The standard InChI is InChI=1S/C25H18BrClN2O6/c1-34-21-11-15(9-19(26)22(21)35-13-14-4-2-5-16(8-14)24(31)32)10-20-23(30)29(25(33)28-20)18-7-3-6-17(27)12-18/h2-12H,13H2,1H3,(H,28,33)(H,31,32)/b20-10+. The maximum Gasteiger partial charge on any atom is 0.335 e. The molecule has 0 aromatic heterocycles. The van der Waals surface area contributed by atoms with Crippen molar-refractivity contribution in [2.75, 3.05) is 12.0 Å². The molecule has 3 amide bonds. The molecule has 0 atom stereocenters. The molecule has 10 heteroatoms. The second-order valence-corrected chi connectivity index (χ2v) is 8.73. The Labute approximate surface area is 213 Å². The largest absolute Gasteiger partial charge is 0.493 e. The molecular weight excluding hydrogens is 540 g/mol. The van der Waals surface area contributed by atoms with Gasteiger partial charge < -0.3 is 19.9 Å². The Bertz CT molecular complexity index is 1370. The van der Waals surface area contributed by atoms with Crippen molar-refractivity contribution in [3.8, 4) is 11.5 Å². The van der Waals surface area contributed by atoms with Crippen LogP contribution in [0.4, 0.5) is 10.5 Å². The van der Waals surface area contributed by atoms with Crippen LogP contribution < -0.4 is 19.7 Å². The van der Waals surface area contributed by atoms with Crippen molar-refractivity contribution in [2.45, 2.75) is 6.61 Å². The van der Waals surface area contributed by atoms with E-state index in [0.29, 0.717) is 37.8 Å². The third kappa shape index (κ3) is 5.31. The number of benzene rings is 3. The van der Waals surface area contributed by atoms with Gasteiger partial charge in [-0.05, 0) is 75.6 Å². The maximum absolute atomic E-state index is 12.9. The topological polar surface area (TPSA) is 105 Å². The maximum atomic E-state index is 12.9. The van der Waals surface area contributed by atoms with Crippen LogP contribution in [0.15, 0.2) is 70.8 Å². The summed E-state index contributed by atoms with van der Waals surface area (Å²) in [6, 6.07) is 15.7. The van der Waals surface area contributed by atoms with Gasteiger partial charge in [-0.3, -0.25) is 4.79 Å². The highest BCUT2D eigenvalue weighted by molar-refractivity contribution is 9.10. The summed E-state index contributed by atoms with van der Waals surface area (Å²) < 4.78 is 11.9. The molecule has 178 valence electrons. The lowest BCUT2D eigenvalue weighted by Gasteiger charge is -2.14. The minimum atomic E-state index is -1.02. The zero-order valence-corrected chi connectivity index (χ0v) is 20.6. The fourth-order valence-corrected chi connectivity index (χ4v) is 4.22. The Kier molecular flexibility index (Phi) is 7.09. The van der Waals surface area contributed by atoms with E-state index in [-0.39, 0.29) is 17.9 Å². The van der Waals surface area contributed by atoms with Gasteiger partial charge in [-0.2, -0.15) is 0 Å². The quantitative estimate of drug-likeness (QED) is 0.294. The molecule has 0 saturated carbocycles. The van der Waals surface area contributed by atoms with E-state index in [1.165, 1.54) is 31.4 Å². The normalized spacial score (nSPS) is 14.3. The number of carboxylic acids is 1. The number of halogens is 2. The molecule has 4 rings (SSSR count). The summed E-state index contributed by atoms with van der Waals surface area (Å²) in [5.74, 6) is -0.765. The second kappa shape index (κ2) is 10.2. The molecular formula is C25H18BrClN2O6. The number of methoxy groups -OCH3 is 1. The molecule has 0 radical (unpaired) electrons. The van der Waals surface area contributed by atoms with Crippen LogP contribution in [0.2, 0.25) is 5.02 Å². The molecule has 1 aliphatic heterocycles. The van der Waals surface area contributed by atoms with Gasteiger partial charge in [0.25, 0.3) is 5.91 Å². The van der Waals surface area contributed by atoms with E-state index in [4.69, 9.17) is 26.2 Å². The molecule has 35 heavy (non-hydrogen) atoms. The summed E-state index contributed by atoms with van der Waals surface area (Å²) in [5, 5.41) is 12.1. The highest BCUT2D eigenvalue weighted by atomic mass is 79.9. The molecule has 0 spiro atoms. The highest BCUT2D eigenvalue weighted by Crippen LogP contribution is 2.38. The van der Waals surface area contributed by atoms with Gasteiger partial charge in [0.05, 0.1) is 22.8 Å². The Morgan fingerprint density at radius 3 is 2.63 bits per heavy atom. The average molecular weight is 558 g/mol. The first-order valence-corrected chi connectivity index (χ1v) is 11.4. The Morgan fingerprint density at radius 2 is 1.91 bits per heavy atom. The van der Waals surface area contributed by atoms with E-state index in [9.17, 15) is 14.4 Å². The Hall–Kier alpha value is -3.82. The predicted molar refractivity (Wildman–Crippen MR) is 134 cm³/mol. The number of carbonyl (C=O) groups excluding carboxylic acids is 2. The summed E-state index contributed by atoms with van der Waals surface area (Å²) in [6.45, 7) is 0.111. The number of ether oxygens (including phenoxy) is 2. The fourth-order valence-electron chi connectivity index (χ4n) is 3.46. The van der Waals surface area contributed by atoms with E-state index >= 15 is 0 Å². The lowest BCUT2D eigenvalue weighted by molar-refractivity contribution is -0.113. The van der Waals surface area contributed by atoms with Gasteiger partial charge in [0, 0.05) is 5.02 Å². The molecule has 0 unspecified atom stereocenters. The average Bonchev–Trinajstić information content (AvgIpc) is 3.10. The van der Waals surface area contributed by atoms with Crippen molar-refractivity contribution in [3.05, 3.63) is 92.5 Å². The number of carbonyl (C=O) groups is 3. The van der Waals surface area contributed by atoms with E-state index in [1.54, 1.807) is 42.5 Å². The second-order valence-electron chi connectivity index (χ2n) is 7.44. The predicted octanol–water partition coefficient (Wildman–Crippen LogP) is 5.49. The van der Waals surface area contributed by atoms with Crippen LogP contribution in [0, 0.1) is 0 Å². The first-order chi connectivity index (χ1) is 16.8. The van der Waals surface area contributed by atoms with Crippen LogP contribution in [0.1, 0.15) is 21.5 Å². The lowest BCUT2D eigenvalue weighted by Crippen LogP contribution is -2.30. The van der Waals surface area contributed by atoms with Crippen LogP contribution in [-0.2, 0) is 11.4 Å². The minimum absolute atomic E-state index is 0.0862. The first-order valence-electron chi connectivity index (χ1n) is 10.2. The number of anilines is 1. The highest BCUT2D eigenvalue weighted by Gasteiger charge is 2.35. The summed E-state index contributed by atoms with van der Waals surface area (Å²) in [5.41, 5.74) is 1.85. The molecule has 1 aliphatic rings. The van der Waals surface area contributed by atoms with Gasteiger partial charge in [-0.25, -0.2) is 14.5 Å². The van der Waals surface area contributed by atoms with Crippen molar-refractivity contribution in [3.63, 3.8) is 0 Å². The Balaban J connectivity index is 1.57. The van der Waals surface area contributed by atoms with Gasteiger partial charge >= 0.3 is 12.0 Å². The van der Waals surface area contributed by atoms with Gasteiger partial charge in [-0.15, -0.1) is 0 Å². The van der Waals surface area contributed by atoms with E-state index in [1.807, 2.05) is 0 Å². The number of amides is 3. The van der Waals surface area contributed by atoms with Crippen LogP contribution in [0.3, 0.4) is 0 Å². The van der Waals surface area contributed by atoms with Crippen LogP contribution in [0.25, 0.3) is 6.08 Å². The summed E-state index contributed by atoms with van der Waals surface area (Å²) in [4.78, 5) is 37.5. The third-order valence-corrected chi connectivity index (χ3v) is 5.89. The summed E-state index contributed by atoms with van der Waals surface area (Å²) >= 11 is 9.45. The number of hydrogen-bond donors (Lipinski definition) is 2. The molecule has 1 saturated heterocycles.